The Hall–Kier alpha value is -1.35. The van der Waals surface area contributed by atoms with Gasteiger partial charge in [-0.15, -0.1) is 0 Å². The van der Waals surface area contributed by atoms with Crippen LogP contribution in [0.5, 0.6) is 0 Å². The number of cyclic esters (lactones) is 1. The largest absolute Gasteiger partial charge is 0.454 e. The molecule has 1 fully saturated rings. The van der Waals surface area contributed by atoms with Gasteiger partial charge in [-0.2, -0.15) is 0 Å². The Morgan fingerprint density at radius 1 is 1.30 bits per heavy atom. The van der Waals surface area contributed by atoms with Crippen molar-refractivity contribution in [1.82, 2.24) is 5.32 Å². The monoisotopic (exact) mass is 273 g/mol. The van der Waals surface area contributed by atoms with Gasteiger partial charge in [-0.3, -0.25) is 0 Å². The number of piperidine rings is 1. The first-order valence-electron chi connectivity index (χ1n) is 7.85. The lowest BCUT2D eigenvalue weighted by atomic mass is 9.87. The molecule has 0 aromatic heterocycles. The van der Waals surface area contributed by atoms with E-state index in [1.807, 2.05) is 0 Å². The van der Waals surface area contributed by atoms with Crippen molar-refractivity contribution in [2.45, 2.75) is 51.0 Å². The van der Waals surface area contributed by atoms with Crippen molar-refractivity contribution in [2.24, 2.45) is 0 Å². The molecule has 0 radical (unpaired) electrons. The van der Waals surface area contributed by atoms with Gasteiger partial charge in [-0.05, 0) is 56.3 Å². The number of ether oxygens (including phenoxy) is 1. The molecule has 3 nitrogen and oxygen atoms in total. The Labute approximate surface area is 120 Å². The van der Waals surface area contributed by atoms with Gasteiger partial charge < -0.3 is 10.1 Å². The molecular weight excluding hydrogens is 250 g/mol. The van der Waals surface area contributed by atoms with E-state index in [4.69, 9.17) is 4.74 Å². The number of esters is 1. The third-order valence-corrected chi connectivity index (χ3v) is 4.52. The summed E-state index contributed by atoms with van der Waals surface area (Å²) in [6.07, 6.45) is 5.49. The van der Waals surface area contributed by atoms with Crippen LogP contribution in [0.3, 0.4) is 0 Å². The molecule has 1 N–H and O–H groups in total. The highest BCUT2D eigenvalue weighted by atomic mass is 16.5. The maximum atomic E-state index is 12.0. The summed E-state index contributed by atoms with van der Waals surface area (Å²) < 4.78 is 5.52. The molecule has 0 amide bonds. The van der Waals surface area contributed by atoms with Crippen LogP contribution in [-0.4, -0.2) is 19.1 Å². The first-order chi connectivity index (χ1) is 9.79. The quantitative estimate of drug-likeness (QED) is 0.852. The first-order valence-corrected chi connectivity index (χ1v) is 7.85. The average Bonchev–Trinajstić information content (AvgIpc) is 2.82. The molecule has 2 aliphatic heterocycles. The van der Waals surface area contributed by atoms with Crippen LogP contribution >= 0.6 is 0 Å². The topological polar surface area (TPSA) is 38.3 Å². The Kier molecular flexibility index (Phi) is 4.06. The van der Waals surface area contributed by atoms with Gasteiger partial charge in [-0.25, -0.2) is 4.79 Å². The molecule has 1 saturated heterocycles. The fourth-order valence-electron chi connectivity index (χ4n) is 3.30. The summed E-state index contributed by atoms with van der Waals surface area (Å²) in [5.41, 5.74) is 3.21. The molecule has 0 bridgehead atoms. The second-order valence-electron chi connectivity index (χ2n) is 5.91. The Morgan fingerprint density at radius 3 is 2.85 bits per heavy atom. The van der Waals surface area contributed by atoms with Crippen molar-refractivity contribution in [1.29, 1.82) is 0 Å². The molecule has 0 saturated carbocycles. The lowest BCUT2D eigenvalue weighted by Crippen LogP contribution is -2.26. The Balaban J connectivity index is 1.81. The molecule has 1 atom stereocenters. The predicted octanol–water partition coefficient (Wildman–Crippen LogP) is 3.56. The molecule has 3 rings (SSSR count). The number of hydrogen-bond donors (Lipinski definition) is 1. The number of fused-ring (bicyclic) bond motifs is 1. The van der Waals surface area contributed by atoms with Gasteiger partial charge in [0.1, 0.15) is 6.10 Å². The van der Waals surface area contributed by atoms with E-state index < -0.39 is 0 Å². The van der Waals surface area contributed by atoms with Crippen molar-refractivity contribution < 1.29 is 9.53 Å². The van der Waals surface area contributed by atoms with Crippen LogP contribution < -0.4 is 5.32 Å². The van der Waals surface area contributed by atoms with Crippen molar-refractivity contribution in [2.75, 3.05) is 13.1 Å². The number of rotatable bonds is 4. The molecule has 1 aromatic carbocycles. The molecule has 0 spiro atoms. The average molecular weight is 273 g/mol. The Morgan fingerprint density at radius 2 is 2.10 bits per heavy atom. The number of carbonyl (C=O) groups excluding carboxylic acids is 1. The highest BCUT2D eigenvalue weighted by Gasteiger charge is 2.31. The van der Waals surface area contributed by atoms with Crippen LogP contribution in [0.25, 0.3) is 0 Å². The standard InChI is InChI=1S/C17H23NO2/c1-2-3-4-16-14-6-5-13(11-15(14)17(19)20-16)12-7-9-18-10-8-12/h5-6,11-12,16,18H,2-4,7-10H2,1H3. The molecule has 1 unspecified atom stereocenters. The lowest BCUT2D eigenvalue weighted by Gasteiger charge is -2.23. The highest BCUT2D eigenvalue weighted by Crippen LogP contribution is 2.37. The molecule has 20 heavy (non-hydrogen) atoms. The molecule has 1 aromatic rings. The number of hydrogen-bond acceptors (Lipinski definition) is 3. The van der Waals surface area contributed by atoms with Gasteiger partial charge in [0, 0.05) is 5.56 Å². The number of benzene rings is 1. The fourth-order valence-corrected chi connectivity index (χ4v) is 3.30. The van der Waals surface area contributed by atoms with Crippen LogP contribution in [0.2, 0.25) is 0 Å². The third-order valence-electron chi connectivity index (χ3n) is 4.52. The Bertz CT molecular complexity index is 492. The highest BCUT2D eigenvalue weighted by molar-refractivity contribution is 5.94. The van der Waals surface area contributed by atoms with E-state index in [1.165, 1.54) is 5.56 Å². The summed E-state index contributed by atoms with van der Waals surface area (Å²) in [7, 11) is 0. The molecule has 0 aliphatic carbocycles. The maximum absolute atomic E-state index is 12.0. The predicted molar refractivity (Wildman–Crippen MR) is 79.0 cm³/mol. The maximum Gasteiger partial charge on any atom is 0.339 e. The molecule has 2 aliphatic rings. The summed E-state index contributed by atoms with van der Waals surface area (Å²) in [6, 6.07) is 6.41. The zero-order valence-corrected chi connectivity index (χ0v) is 12.2. The van der Waals surface area contributed by atoms with E-state index >= 15 is 0 Å². The number of carbonyl (C=O) groups is 1. The van der Waals surface area contributed by atoms with Crippen molar-refractivity contribution in [3.63, 3.8) is 0 Å². The van der Waals surface area contributed by atoms with Crippen LogP contribution in [0.1, 0.15) is 72.5 Å². The van der Waals surface area contributed by atoms with E-state index in [9.17, 15) is 4.79 Å². The minimum Gasteiger partial charge on any atom is -0.454 e. The van der Waals surface area contributed by atoms with Gasteiger partial charge in [-0.1, -0.05) is 25.5 Å². The van der Waals surface area contributed by atoms with Crippen LogP contribution in [0.4, 0.5) is 0 Å². The van der Waals surface area contributed by atoms with Crippen LogP contribution in [0.15, 0.2) is 18.2 Å². The molecule has 2 heterocycles. The van der Waals surface area contributed by atoms with Crippen LogP contribution in [-0.2, 0) is 4.74 Å². The van der Waals surface area contributed by atoms with E-state index in [2.05, 4.69) is 30.4 Å². The van der Waals surface area contributed by atoms with E-state index in [0.29, 0.717) is 5.92 Å². The number of unbranched alkanes of at least 4 members (excludes halogenated alkanes) is 1. The normalized spacial score (nSPS) is 22.6. The van der Waals surface area contributed by atoms with Gasteiger partial charge >= 0.3 is 5.97 Å². The summed E-state index contributed by atoms with van der Waals surface area (Å²) >= 11 is 0. The zero-order valence-electron chi connectivity index (χ0n) is 12.2. The first kappa shape index (κ1) is 13.6. The van der Waals surface area contributed by atoms with Crippen LogP contribution in [0, 0.1) is 0 Å². The fraction of sp³-hybridized carbons (Fsp3) is 0.588. The van der Waals surface area contributed by atoms with Gasteiger partial charge in [0.2, 0.25) is 0 Å². The smallest absolute Gasteiger partial charge is 0.339 e. The van der Waals surface area contributed by atoms with Gasteiger partial charge in [0.05, 0.1) is 5.56 Å². The summed E-state index contributed by atoms with van der Waals surface area (Å²) in [4.78, 5) is 12.0. The van der Waals surface area contributed by atoms with Crippen molar-refractivity contribution in [3.05, 3.63) is 34.9 Å². The SMILES string of the molecule is CCCCC1OC(=O)c2cc(C3CCNCC3)ccc21. The minimum atomic E-state index is -0.128. The summed E-state index contributed by atoms with van der Waals surface area (Å²) in [5.74, 6) is 0.459. The summed E-state index contributed by atoms with van der Waals surface area (Å²) in [5, 5.41) is 3.38. The van der Waals surface area contributed by atoms with E-state index in [0.717, 1.165) is 56.3 Å². The number of nitrogens with one attached hydrogen (secondary N) is 1. The summed E-state index contributed by atoms with van der Waals surface area (Å²) in [6.45, 7) is 4.31. The second kappa shape index (κ2) is 5.96. The minimum absolute atomic E-state index is 0.0143. The zero-order chi connectivity index (χ0) is 13.9. The molecular formula is C17H23NO2. The third kappa shape index (κ3) is 2.59. The lowest BCUT2D eigenvalue weighted by molar-refractivity contribution is 0.0364. The van der Waals surface area contributed by atoms with E-state index in [1.54, 1.807) is 0 Å². The van der Waals surface area contributed by atoms with Gasteiger partial charge in [0.15, 0.2) is 0 Å². The molecule has 3 heteroatoms. The van der Waals surface area contributed by atoms with E-state index in [-0.39, 0.29) is 12.1 Å². The van der Waals surface area contributed by atoms with Gasteiger partial charge in [0.25, 0.3) is 0 Å². The van der Waals surface area contributed by atoms with Crippen molar-refractivity contribution in [3.8, 4) is 0 Å². The van der Waals surface area contributed by atoms with Crippen molar-refractivity contribution >= 4 is 5.97 Å². The second-order valence-corrected chi connectivity index (χ2v) is 5.91. The molecule has 108 valence electrons.